The van der Waals surface area contributed by atoms with Crippen LogP contribution >= 0.6 is 0 Å². The van der Waals surface area contributed by atoms with Crippen LogP contribution in [0.15, 0.2) is 66.7 Å². The first-order valence-corrected chi connectivity index (χ1v) is 10.8. The van der Waals surface area contributed by atoms with Crippen molar-refractivity contribution < 1.29 is 9.53 Å². The summed E-state index contributed by atoms with van der Waals surface area (Å²) in [5.41, 5.74) is 6.20. The lowest BCUT2D eigenvalue weighted by atomic mass is 10.0. The van der Waals surface area contributed by atoms with E-state index >= 15 is 0 Å². The Labute approximate surface area is 185 Å². The highest BCUT2D eigenvalue weighted by atomic mass is 16.5. The van der Waals surface area contributed by atoms with Gasteiger partial charge in [0.25, 0.3) is 5.91 Å². The molecule has 0 radical (unpaired) electrons. The Morgan fingerprint density at radius 1 is 1.03 bits per heavy atom. The van der Waals surface area contributed by atoms with E-state index in [2.05, 4.69) is 46.2 Å². The fourth-order valence-corrected chi connectivity index (χ4v) is 4.82. The highest BCUT2D eigenvalue weighted by molar-refractivity contribution is 6.11. The summed E-state index contributed by atoms with van der Waals surface area (Å²) in [6, 6.07) is 22.3. The molecule has 2 aromatic heterocycles. The summed E-state index contributed by atoms with van der Waals surface area (Å²) >= 11 is 0. The average Bonchev–Trinajstić information content (AvgIpc) is 3.33. The van der Waals surface area contributed by atoms with E-state index < -0.39 is 0 Å². The quantitative estimate of drug-likeness (QED) is 0.426. The molecule has 0 saturated carbocycles. The molecule has 0 saturated heterocycles. The molecule has 0 unspecified atom stereocenters. The van der Waals surface area contributed by atoms with Crippen LogP contribution in [0.5, 0.6) is 5.75 Å². The van der Waals surface area contributed by atoms with E-state index in [1.165, 1.54) is 10.9 Å². The zero-order valence-corrected chi connectivity index (χ0v) is 17.9. The van der Waals surface area contributed by atoms with Crippen molar-refractivity contribution in [2.45, 2.75) is 20.1 Å². The molecule has 6 rings (SSSR count). The zero-order valence-electron chi connectivity index (χ0n) is 17.9. The fraction of sp³-hybridized carbons (Fsp3) is 0.154. The molecule has 0 fully saturated rings. The minimum atomic E-state index is -0.233. The van der Waals surface area contributed by atoms with Gasteiger partial charge >= 0.3 is 0 Å². The minimum absolute atomic E-state index is 0.233. The number of fused-ring (bicyclic) bond motifs is 6. The summed E-state index contributed by atoms with van der Waals surface area (Å²) in [5, 5.41) is 9.89. The molecule has 1 N–H and O–H groups in total. The summed E-state index contributed by atoms with van der Waals surface area (Å²) in [6.45, 7) is 3.36. The number of carbonyl (C=O) groups excluding carboxylic acids is 1. The number of amides is 1. The molecule has 0 bridgehead atoms. The van der Waals surface area contributed by atoms with Crippen molar-refractivity contribution in [1.82, 2.24) is 14.3 Å². The van der Waals surface area contributed by atoms with Crippen LogP contribution in [0.2, 0.25) is 0 Å². The van der Waals surface area contributed by atoms with Crippen molar-refractivity contribution in [2.75, 3.05) is 5.32 Å². The maximum absolute atomic E-state index is 13.2. The molecule has 1 amide bonds. The molecular weight excluding hydrogens is 400 g/mol. The molecule has 3 heterocycles. The predicted molar refractivity (Wildman–Crippen MR) is 126 cm³/mol. The second-order valence-corrected chi connectivity index (χ2v) is 8.03. The molecule has 158 valence electrons. The number of hydrogen-bond donors (Lipinski definition) is 1. The van der Waals surface area contributed by atoms with Gasteiger partial charge in [0.2, 0.25) is 0 Å². The van der Waals surface area contributed by atoms with E-state index in [0.717, 1.165) is 45.7 Å². The Hall–Kier alpha value is -4.06. The van der Waals surface area contributed by atoms with Gasteiger partial charge in [0.05, 0.1) is 5.69 Å². The highest BCUT2D eigenvalue weighted by Gasteiger charge is 2.28. The lowest BCUT2D eigenvalue weighted by Gasteiger charge is -2.18. The van der Waals surface area contributed by atoms with Crippen LogP contribution in [0.4, 0.5) is 5.69 Å². The van der Waals surface area contributed by atoms with E-state index in [4.69, 9.17) is 4.74 Å². The maximum atomic E-state index is 13.2. The molecule has 0 spiro atoms. The molecular formula is C26H22N4O2. The zero-order chi connectivity index (χ0) is 21.8. The van der Waals surface area contributed by atoms with Crippen molar-refractivity contribution >= 4 is 33.4 Å². The average molecular weight is 422 g/mol. The number of nitrogens with one attached hydrogen (secondary N) is 1. The molecule has 6 heteroatoms. The van der Waals surface area contributed by atoms with Crippen LogP contribution in [-0.2, 0) is 20.2 Å². The lowest BCUT2D eigenvalue weighted by molar-refractivity contribution is 0.101. The van der Waals surface area contributed by atoms with Gasteiger partial charge in [-0.3, -0.25) is 9.48 Å². The number of anilines is 1. The van der Waals surface area contributed by atoms with Gasteiger partial charge in [0, 0.05) is 52.2 Å². The van der Waals surface area contributed by atoms with Crippen molar-refractivity contribution in [3.05, 3.63) is 78.0 Å². The molecule has 32 heavy (non-hydrogen) atoms. The largest absolute Gasteiger partial charge is 0.488 e. The summed E-state index contributed by atoms with van der Waals surface area (Å²) in [6.07, 6.45) is 0. The topological polar surface area (TPSA) is 61.1 Å². The van der Waals surface area contributed by atoms with Crippen molar-refractivity contribution in [1.29, 1.82) is 0 Å². The maximum Gasteiger partial charge on any atom is 0.276 e. The Morgan fingerprint density at radius 2 is 1.81 bits per heavy atom. The number of hydrogen-bond acceptors (Lipinski definition) is 3. The van der Waals surface area contributed by atoms with Crippen molar-refractivity contribution in [2.24, 2.45) is 7.05 Å². The summed E-state index contributed by atoms with van der Waals surface area (Å²) < 4.78 is 9.95. The third-order valence-electron chi connectivity index (χ3n) is 6.22. The Balaban J connectivity index is 1.39. The molecule has 1 aliphatic heterocycles. The summed E-state index contributed by atoms with van der Waals surface area (Å²) in [4.78, 5) is 13.2. The van der Waals surface area contributed by atoms with Gasteiger partial charge in [-0.15, -0.1) is 0 Å². The lowest BCUT2D eigenvalue weighted by Crippen LogP contribution is -2.16. The molecule has 0 aliphatic carbocycles. The number of rotatable bonds is 3. The fourth-order valence-electron chi connectivity index (χ4n) is 4.82. The first-order valence-electron chi connectivity index (χ1n) is 10.8. The summed E-state index contributed by atoms with van der Waals surface area (Å²) in [7, 11) is 1.86. The number of nitrogens with zero attached hydrogens (tertiary/aromatic N) is 3. The monoisotopic (exact) mass is 422 g/mol. The van der Waals surface area contributed by atoms with Gasteiger partial charge in [-0.25, -0.2) is 0 Å². The first-order chi connectivity index (χ1) is 15.7. The Morgan fingerprint density at radius 3 is 2.69 bits per heavy atom. The van der Waals surface area contributed by atoms with Crippen LogP contribution in [0.3, 0.4) is 0 Å². The van der Waals surface area contributed by atoms with Crippen LogP contribution in [0, 0.1) is 0 Å². The van der Waals surface area contributed by atoms with E-state index in [1.54, 1.807) is 4.68 Å². The van der Waals surface area contributed by atoms with Gasteiger partial charge in [-0.2, -0.15) is 5.10 Å². The third kappa shape index (κ3) is 2.66. The number of para-hydroxylation sites is 2. The van der Waals surface area contributed by atoms with Crippen molar-refractivity contribution in [3.63, 3.8) is 0 Å². The van der Waals surface area contributed by atoms with Gasteiger partial charge in [-0.05, 0) is 43.3 Å². The molecule has 3 aromatic carbocycles. The van der Waals surface area contributed by atoms with Gasteiger partial charge < -0.3 is 14.6 Å². The minimum Gasteiger partial charge on any atom is -0.488 e. The predicted octanol–water partition coefficient (Wildman–Crippen LogP) is 5.36. The standard InChI is InChI=1S/C26H22N4O2/c1-3-30-21-10-6-4-8-17(21)19-14-16(12-13-22(19)30)27-26(31)24-20-15-32-23-11-7-5-9-18(23)25(20)29(2)28-24/h4-14H,3,15H2,1-2H3,(H,27,31). The van der Waals surface area contributed by atoms with Gasteiger partial charge in [0.15, 0.2) is 5.69 Å². The second-order valence-electron chi connectivity index (χ2n) is 8.03. The summed E-state index contributed by atoms with van der Waals surface area (Å²) in [5.74, 6) is 0.580. The highest BCUT2D eigenvalue weighted by Crippen LogP contribution is 2.38. The molecule has 5 aromatic rings. The van der Waals surface area contributed by atoms with Crippen LogP contribution < -0.4 is 10.1 Å². The molecule has 0 atom stereocenters. The van der Waals surface area contributed by atoms with Crippen LogP contribution in [0.1, 0.15) is 23.0 Å². The van der Waals surface area contributed by atoms with E-state index in [-0.39, 0.29) is 5.91 Å². The van der Waals surface area contributed by atoms with E-state index in [9.17, 15) is 4.79 Å². The third-order valence-corrected chi connectivity index (χ3v) is 6.22. The number of carbonyl (C=O) groups is 1. The Bertz CT molecular complexity index is 1530. The number of benzene rings is 3. The van der Waals surface area contributed by atoms with E-state index in [0.29, 0.717) is 12.3 Å². The number of aromatic nitrogens is 3. The molecule has 1 aliphatic rings. The Kier molecular flexibility index (Phi) is 4.08. The van der Waals surface area contributed by atoms with E-state index in [1.807, 2.05) is 49.5 Å². The number of ether oxygens (including phenoxy) is 1. The number of aryl methyl sites for hydroxylation is 2. The van der Waals surface area contributed by atoms with Crippen LogP contribution in [0.25, 0.3) is 33.1 Å². The van der Waals surface area contributed by atoms with Crippen molar-refractivity contribution in [3.8, 4) is 17.0 Å². The first kappa shape index (κ1) is 18.7. The van der Waals surface area contributed by atoms with Gasteiger partial charge in [-0.1, -0.05) is 30.3 Å². The normalized spacial score (nSPS) is 12.4. The van der Waals surface area contributed by atoms with Gasteiger partial charge in [0.1, 0.15) is 12.4 Å². The van der Waals surface area contributed by atoms with Crippen LogP contribution in [-0.4, -0.2) is 20.3 Å². The smallest absolute Gasteiger partial charge is 0.276 e. The SMILES string of the molecule is CCn1c2ccccc2c2cc(NC(=O)c3nn(C)c4c3COc3ccccc3-4)ccc21. The molecule has 6 nitrogen and oxygen atoms in total. The second kappa shape index (κ2) is 6.99.